The summed E-state index contributed by atoms with van der Waals surface area (Å²) in [5, 5.41) is 4.39. The lowest BCUT2D eigenvalue weighted by molar-refractivity contribution is -0.145. The fraction of sp³-hybridized carbons (Fsp3) is 0.278. The quantitative estimate of drug-likeness (QED) is 0.606. The van der Waals surface area contributed by atoms with E-state index in [-0.39, 0.29) is 17.4 Å². The predicted molar refractivity (Wildman–Crippen MR) is 92.1 cm³/mol. The van der Waals surface area contributed by atoms with Gasteiger partial charge < -0.3 is 10.1 Å². The Balaban J connectivity index is 1.94. The van der Waals surface area contributed by atoms with Crippen LogP contribution in [0.15, 0.2) is 41.8 Å². The molecule has 0 fully saturated rings. The van der Waals surface area contributed by atoms with Gasteiger partial charge in [-0.3, -0.25) is 9.59 Å². The summed E-state index contributed by atoms with van der Waals surface area (Å²) >= 11 is 1.26. The van der Waals surface area contributed by atoms with E-state index in [9.17, 15) is 18.8 Å². The van der Waals surface area contributed by atoms with Gasteiger partial charge in [-0.2, -0.15) is 0 Å². The number of rotatable bonds is 7. The third-order valence-electron chi connectivity index (χ3n) is 3.46. The van der Waals surface area contributed by atoms with Gasteiger partial charge in [0.25, 0.3) is 5.91 Å². The van der Waals surface area contributed by atoms with Crippen molar-refractivity contribution < 1.29 is 23.5 Å². The molecule has 25 heavy (non-hydrogen) atoms. The second-order valence-electron chi connectivity index (χ2n) is 5.71. The average Bonchev–Trinajstić information content (AvgIpc) is 3.12. The maximum atomic E-state index is 12.9. The molecule has 0 aliphatic heterocycles. The molecule has 1 N–H and O–H groups in total. The minimum Gasteiger partial charge on any atom is -0.456 e. The first-order valence-electron chi connectivity index (χ1n) is 7.68. The van der Waals surface area contributed by atoms with Crippen molar-refractivity contribution in [2.75, 3.05) is 6.61 Å². The Morgan fingerprint density at radius 3 is 2.40 bits per heavy atom. The number of Topliss-reactive ketones (excluding diaryl/α,β-unsaturated/α-hetero) is 1. The van der Waals surface area contributed by atoms with Gasteiger partial charge in [0.1, 0.15) is 11.9 Å². The standard InChI is InChI=1S/C18H18FNO4S/c1-11(2)16(20-17(22)15-4-3-9-25-15)18(23)24-10-14(21)12-5-7-13(19)8-6-12/h3-9,11,16H,10H2,1-2H3,(H,20,22)/t16-/m1/s1. The number of carbonyl (C=O) groups excluding carboxylic acids is 3. The molecule has 0 saturated carbocycles. The molecule has 132 valence electrons. The monoisotopic (exact) mass is 363 g/mol. The van der Waals surface area contributed by atoms with Crippen LogP contribution in [0.2, 0.25) is 0 Å². The number of benzene rings is 1. The maximum Gasteiger partial charge on any atom is 0.329 e. The molecular formula is C18H18FNO4S. The van der Waals surface area contributed by atoms with Crippen LogP contribution in [-0.4, -0.2) is 30.3 Å². The normalized spacial score (nSPS) is 11.8. The third kappa shape index (κ3) is 5.22. The van der Waals surface area contributed by atoms with E-state index < -0.39 is 30.2 Å². The summed E-state index contributed by atoms with van der Waals surface area (Å²) in [5.41, 5.74) is 0.248. The van der Waals surface area contributed by atoms with Gasteiger partial charge in [0, 0.05) is 5.56 Å². The Morgan fingerprint density at radius 1 is 1.16 bits per heavy atom. The molecule has 5 nitrogen and oxygen atoms in total. The summed E-state index contributed by atoms with van der Waals surface area (Å²) in [5.74, 6) is -2.16. The second kappa shape index (κ2) is 8.53. The number of ketones is 1. The molecule has 1 aromatic carbocycles. The molecule has 0 spiro atoms. The number of hydrogen-bond donors (Lipinski definition) is 1. The van der Waals surface area contributed by atoms with E-state index in [4.69, 9.17) is 4.74 Å². The van der Waals surface area contributed by atoms with Gasteiger partial charge in [-0.1, -0.05) is 19.9 Å². The Labute approximate surface area is 148 Å². The smallest absolute Gasteiger partial charge is 0.329 e. The van der Waals surface area contributed by atoms with Gasteiger partial charge in [0.05, 0.1) is 4.88 Å². The molecule has 2 rings (SSSR count). The largest absolute Gasteiger partial charge is 0.456 e. The highest BCUT2D eigenvalue weighted by Crippen LogP contribution is 2.11. The molecule has 0 saturated heterocycles. The van der Waals surface area contributed by atoms with Crippen LogP contribution in [0.1, 0.15) is 33.9 Å². The van der Waals surface area contributed by atoms with Crippen LogP contribution >= 0.6 is 11.3 Å². The van der Waals surface area contributed by atoms with Crippen molar-refractivity contribution in [1.29, 1.82) is 0 Å². The summed E-state index contributed by atoms with van der Waals surface area (Å²) in [6.45, 7) is 3.06. The number of halogens is 1. The molecular weight excluding hydrogens is 345 g/mol. The van der Waals surface area contributed by atoms with Crippen LogP contribution in [0.25, 0.3) is 0 Å². The van der Waals surface area contributed by atoms with E-state index >= 15 is 0 Å². The van der Waals surface area contributed by atoms with Gasteiger partial charge in [-0.25, -0.2) is 9.18 Å². The van der Waals surface area contributed by atoms with Crippen LogP contribution in [0, 0.1) is 11.7 Å². The third-order valence-corrected chi connectivity index (χ3v) is 4.33. The van der Waals surface area contributed by atoms with Crippen molar-refractivity contribution in [2.24, 2.45) is 5.92 Å². The molecule has 1 amide bonds. The first kappa shape index (κ1) is 18.8. The fourth-order valence-corrected chi connectivity index (χ4v) is 2.69. The SMILES string of the molecule is CC(C)[C@@H](NC(=O)c1cccs1)C(=O)OCC(=O)c1ccc(F)cc1. The molecule has 1 heterocycles. The van der Waals surface area contributed by atoms with Crippen LogP contribution in [0.3, 0.4) is 0 Å². The molecule has 0 aliphatic carbocycles. The molecule has 0 aliphatic rings. The highest BCUT2D eigenvalue weighted by atomic mass is 32.1. The van der Waals surface area contributed by atoms with E-state index in [2.05, 4.69) is 5.32 Å². The van der Waals surface area contributed by atoms with Crippen LogP contribution in [0.4, 0.5) is 4.39 Å². The number of ether oxygens (including phenoxy) is 1. The number of hydrogen-bond acceptors (Lipinski definition) is 5. The fourth-order valence-electron chi connectivity index (χ4n) is 2.06. The number of thiophene rings is 1. The van der Waals surface area contributed by atoms with E-state index in [1.165, 1.54) is 23.5 Å². The van der Waals surface area contributed by atoms with Gasteiger partial charge in [0.15, 0.2) is 12.4 Å². The molecule has 0 unspecified atom stereocenters. The van der Waals surface area contributed by atoms with Crippen molar-refractivity contribution in [3.63, 3.8) is 0 Å². The Morgan fingerprint density at radius 2 is 1.84 bits per heavy atom. The van der Waals surface area contributed by atoms with Crippen molar-refractivity contribution >= 4 is 29.0 Å². The summed E-state index contributed by atoms with van der Waals surface area (Å²) in [4.78, 5) is 36.8. The van der Waals surface area contributed by atoms with E-state index in [0.717, 1.165) is 12.1 Å². The summed E-state index contributed by atoms with van der Waals surface area (Å²) < 4.78 is 17.9. The van der Waals surface area contributed by atoms with E-state index in [0.29, 0.717) is 4.88 Å². The highest BCUT2D eigenvalue weighted by molar-refractivity contribution is 7.12. The van der Waals surface area contributed by atoms with Crippen molar-refractivity contribution in [3.05, 3.63) is 58.0 Å². The van der Waals surface area contributed by atoms with Crippen LogP contribution in [0.5, 0.6) is 0 Å². The molecule has 1 atom stereocenters. The van der Waals surface area contributed by atoms with Gasteiger partial charge >= 0.3 is 5.97 Å². The summed E-state index contributed by atoms with van der Waals surface area (Å²) in [6, 6.07) is 7.49. The number of nitrogens with one attached hydrogen (secondary N) is 1. The Hall–Kier alpha value is -2.54. The van der Waals surface area contributed by atoms with Gasteiger partial charge in [-0.05, 0) is 41.6 Å². The summed E-state index contributed by atoms with van der Waals surface area (Å²) in [7, 11) is 0. The van der Waals surface area contributed by atoms with Crippen LogP contribution < -0.4 is 5.32 Å². The minimum absolute atomic E-state index is 0.211. The first-order valence-corrected chi connectivity index (χ1v) is 8.56. The Kier molecular flexibility index (Phi) is 6.41. The molecule has 0 bridgehead atoms. The predicted octanol–water partition coefficient (Wildman–Crippen LogP) is 3.07. The number of amides is 1. The maximum absolute atomic E-state index is 12.9. The Bertz CT molecular complexity index is 741. The van der Waals surface area contributed by atoms with E-state index in [1.54, 1.807) is 31.4 Å². The first-order chi connectivity index (χ1) is 11.9. The van der Waals surface area contributed by atoms with Gasteiger partial charge in [0.2, 0.25) is 0 Å². The van der Waals surface area contributed by atoms with Crippen molar-refractivity contribution in [3.8, 4) is 0 Å². The zero-order valence-corrected chi connectivity index (χ0v) is 14.6. The zero-order valence-electron chi connectivity index (χ0n) is 13.8. The lowest BCUT2D eigenvalue weighted by Gasteiger charge is -2.20. The van der Waals surface area contributed by atoms with Gasteiger partial charge in [-0.15, -0.1) is 11.3 Å². The summed E-state index contributed by atoms with van der Waals surface area (Å²) in [6.07, 6.45) is 0. The highest BCUT2D eigenvalue weighted by Gasteiger charge is 2.27. The molecule has 0 radical (unpaired) electrons. The van der Waals surface area contributed by atoms with Crippen molar-refractivity contribution in [2.45, 2.75) is 19.9 Å². The minimum atomic E-state index is -0.865. The zero-order chi connectivity index (χ0) is 18.4. The molecule has 2 aromatic rings. The molecule has 1 aromatic heterocycles. The lowest BCUT2D eigenvalue weighted by atomic mass is 10.0. The second-order valence-corrected chi connectivity index (χ2v) is 6.66. The lowest BCUT2D eigenvalue weighted by Crippen LogP contribution is -2.45. The number of carbonyl (C=O) groups is 3. The number of esters is 1. The topological polar surface area (TPSA) is 72.5 Å². The van der Waals surface area contributed by atoms with E-state index in [1.807, 2.05) is 0 Å². The van der Waals surface area contributed by atoms with Crippen LogP contribution in [-0.2, 0) is 9.53 Å². The average molecular weight is 363 g/mol. The van der Waals surface area contributed by atoms with Crippen molar-refractivity contribution in [1.82, 2.24) is 5.32 Å². The molecule has 7 heteroatoms.